The molecule has 0 spiro atoms. The number of nitrogens with one attached hydrogen (secondary N) is 1. The Hall–Kier alpha value is -2.81. The Bertz CT molecular complexity index is 798. The van der Waals surface area contributed by atoms with Gasteiger partial charge in [-0.15, -0.1) is 0 Å². The van der Waals surface area contributed by atoms with Crippen molar-refractivity contribution in [1.29, 1.82) is 0 Å². The van der Waals surface area contributed by atoms with Crippen LogP contribution in [0.5, 0.6) is 5.75 Å². The summed E-state index contributed by atoms with van der Waals surface area (Å²) in [5.74, 6) is 0.646. The molecule has 0 aromatic carbocycles. The van der Waals surface area contributed by atoms with Crippen molar-refractivity contribution >= 4 is 12.0 Å². The minimum absolute atomic E-state index is 0.0866. The quantitative estimate of drug-likeness (QED) is 0.645. The first-order valence-corrected chi connectivity index (χ1v) is 8.51. The first-order valence-electron chi connectivity index (χ1n) is 8.51. The Balaban J connectivity index is 2.20. The molecule has 146 valence electrons. The van der Waals surface area contributed by atoms with Crippen LogP contribution in [0.3, 0.4) is 0 Å². The molecule has 2 heterocycles. The summed E-state index contributed by atoms with van der Waals surface area (Å²) in [6.07, 6.45) is 0.879. The number of pyridine rings is 1. The zero-order chi connectivity index (χ0) is 20.0. The molecular formula is C18H24FN5O3. The number of amides is 1. The Morgan fingerprint density at radius 2 is 2.04 bits per heavy atom. The summed E-state index contributed by atoms with van der Waals surface area (Å²) in [6, 6.07) is 4.78. The fraction of sp³-hybridized carbons (Fsp3) is 0.444. The Labute approximate surface area is 157 Å². The summed E-state index contributed by atoms with van der Waals surface area (Å²) >= 11 is 0. The van der Waals surface area contributed by atoms with E-state index in [0.29, 0.717) is 23.1 Å². The molecule has 2 rings (SSSR count). The first-order chi connectivity index (χ1) is 12.7. The third-order valence-corrected chi connectivity index (χ3v) is 3.63. The summed E-state index contributed by atoms with van der Waals surface area (Å²) in [7, 11) is 0. The Morgan fingerprint density at radius 3 is 2.67 bits per heavy atom. The maximum atomic E-state index is 13.5. The molecule has 0 saturated heterocycles. The van der Waals surface area contributed by atoms with Gasteiger partial charge in [0, 0.05) is 11.7 Å². The molecule has 1 atom stereocenters. The van der Waals surface area contributed by atoms with Crippen LogP contribution >= 0.6 is 0 Å². The van der Waals surface area contributed by atoms with Crippen LogP contribution in [0.2, 0.25) is 0 Å². The van der Waals surface area contributed by atoms with Crippen LogP contribution in [0, 0.1) is 5.92 Å². The SMILES string of the molecule is CC(C)CC(C)(N)COc1ccc(-c2ccnc(NC(=O)O)n2)nc1CF. The van der Waals surface area contributed by atoms with Gasteiger partial charge in [-0.3, -0.25) is 5.32 Å². The van der Waals surface area contributed by atoms with Crippen LogP contribution in [0.4, 0.5) is 15.1 Å². The summed E-state index contributed by atoms with van der Waals surface area (Å²) in [5.41, 5.74) is 6.55. The smallest absolute Gasteiger partial charge is 0.411 e. The number of nitrogens with zero attached hydrogens (tertiary/aromatic N) is 3. The second-order valence-corrected chi connectivity index (χ2v) is 7.01. The number of carbonyl (C=O) groups is 1. The van der Waals surface area contributed by atoms with Gasteiger partial charge in [-0.25, -0.2) is 24.1 Å². The predicted molar refractivity (Wildman–Crippen MR) is 99.3 cm³/mol. The van der Waals surface area contributed by atoms with E-state index in [-0.39, 0.29) is 18.2 Å². The van der Waals surface area contributed by atoms with Gasteiger partial charge in [0.15, 0.2) is 0 Å². The van der Waals surface area contributed by atoms with E-state index in [1.54, 1.807) is 18.2 Å². The minimum Gasteiger partial charge on any atom is -0.490 e. The fourth-order valence-corrected chi connectivity index (χ4v) is 2.75. The number of alkyl halides is 1. The number of rotatable bonds is 8. The van der Waals surface area contributed by atoms with Gasteiger partial charge in [0.1, 0.15) is 24.7 Å². The van der Waals surface area contributed by atoms with E-state index < -0.39 is 18.3 Å². The molecule has 9 heteroatoms. The van der Waals surface area contributed by atoms with Gasteiger partial charge in [-0.05, 0) is 37.5 Å². The molecule has 2 aromatic heterocycles. The molecule has 1 unspecified atom stereocenters. The monoisotopic (exact) mass is 377 g/mol. The van der Waals surface area contributed by atoms with Crippen molar-refractivity contribution in [3.63, 3.8) is 0 Å². The van der Waals surface area contributed by atoms with Gasteiger partial charge in [0.05, 0.1) is 11.4 Å². The molecule has 0 bridgehead atoms. The molecule has 0 aliphatic rings. The molecule has 0 fully saturated rings. The Morgan fingerprint density at radius 1 is 1.33 bits per heavy atom. The van der Waals surface area contributed by atoms with Crippen molar-refractivity contribution < 1.29 is 19.0 Å². The van der Waals surface area contributed by atoms with Crippen molar-refractivity contribution in [2.24, 2.45) is 11.7 Å². The predicted octanol–water partition coefficient (Wildman–Crippen LogP) is 3.24. The van der Waals surface area contributed by atoms with Crippen LogP contribution in [0.15, 0.2) is 24.4 Å². The number of halogens is 1. The molecule has 27 heavy (non-hydrogen) atoms. The Kier molecular flexibility index (Phi) is 6.62. The lowest BCUT2D eigenvalue weighted by Gasteiger charge is -2.27. The number of anilines is 1. The van der Waals surface area contributed by atoms with Gasteiger partial charge in [0.25, 0.3) is 0 Å². The normalized spacial score (nSPS) is 13.3. The second kappa shape index (κ2) is 8.72. The van der Waals surface area contributed by atoms with Gasteiger partial charge in [-0.2, -0.15) is 0 Å². The highest BCUT2D eigenvalue weighted by atomic mass is 19.1. The topological polar surface area (TPSA) is 123 Å². The van der Waals surface area contributed by atoms with Gasteiger partial charge in [-0.1, -0.05) is 13.8 Å². The first kappa shape index (κ1) is 20.5. The molecule has 4 N–H and O–H groups in total. The fourth-order valence-electron chi connectivity index (χ4n) is 2.75. The van der Waals surface area contributed by atoms with Crippen LogP contribution < -0.4 is 15.8 Å². The number of ether oxygens (including phenoxy) is 1. The highest BCUT2D eigenvalue weighted by Crippen LogP contribution is 2.25. The maximum Gasteiger partial charge on any atom is 0.411 e. The number of carboxylic acid groups (broad SMARTS) is 1. The zero-order valence-electron chi connectivity index (χ0n) is 15.6. The lowest BCUT2D eigenvalue weighted by atomic mass is 9.93. The molecule has 0 saturated carbocycles. The molecule has 1 amide bonds. The minimum atomic E-state index is -1.28. The van der Waals surface area contributed by atoms with E-state index in [9.17, 15) is 9.18 Å². The average molecular weight is 377 g/mol. The van der Waals surface area contributed by atoms with Gasteiger partial charge >= 0.3 is 6.09 Å². The lowest BCUT2D eigenvalue weighted by molar-refractivity contribution is 0.203. The van der Waals surface area contributed by atoms with Crippen LogP contribution in [-0.2, 0) is 6.67 Å². The van der Waals surface area contributed by atoms with Crippen molar-refractivity contribution in [2.75, 3.05) is 11.9 Å². The van der Waals surface area contributed by atoms with Crippen molar-refractivity contribution in [3.05, 3.63) is 30.1 Å². The van der Waals surface area contributed by atoms with Crippen molar-refractivity contribution in [3.8, 4) is 17.1 Å². The highest BCUT2D eigenvalue weighted by Gasteiger charge is 2.22. The standard InChI is InChI=1S/C18H24FN5O3/c1-11(2)8-18(3,20)10-27-15-5-4-12(22-14(15)9-19)13-6-7-21-16(23-13)24-17(25)26/h4-7,11H,8-10,20H2,1-3H3,(H,25,26)(H,21,23,24). The molecular weight excluding hydrogens is 353 g/mol. The van der Waals surface area contributed by atoms with Crippen LogP contribution in [-0.4, -0.2) is 38.3 Å². The summed E-state index contributed by atoms with van der Waals surface area (Å²) in [5, 5.41) is 10.8. The van der Waals surface area contributed by atoms with E-state index >= 15 is 0 Å². The summed E-state index contributed by atoms with van der Waals surface area (Å²) < 4.78 is 19.2. The van der Waals surface area contributed by atoms with E-state index in [0.717, 1.165) is 6.42 Å². The molecule has 0 aliphatic carbocycles. The maximum absolute atomic E-state index is 13.5. The number of hydrogen-bond donors (Lipinski definition) is 3. The van der Waals surface area contributed by atoms with E-state index in [1.165, 1.54) is 6.20 Å². The lowest BCUT2D eigenvalue weighted by Crippen LogP contribution is -2.43. The summed E-state index contributed by atoms with van der Waals surface area (Å²) in [4.78, 5) is 22.8. The molecule has 8 nitrogen and oxygen atoms in total. The van der Waals surface area contributed by atoms with E-state index in [4.69, 9.17) is 15.6 Å². The summed E-state index contributed by atoms with van der Waals surface area (Å²) in [6.45, 7) is 5.45. The van der Waals surface area contributed by atoms with Crippen LogP contribution in [0.25, 0.3) is 11.4 Å². The third kappa shape index (κ3) is 6.14. The molecule has 0 radical (unpaired) electrons. The average Bonchev–Trinajstić information content (AvgIpc) is 2.58. The van der Waals surface area contributed by atoms with Crippen LogP contribution in [0.1, 0.15) is 32.9 Å². The number of hydrogen-bond acceptors (Lipinski definition) is 6. The third-order valence-electron chi connectivity index (χ3n) is 3.63. The van der Waals surface area contributed by atoms with E-state index in [1.807, 2.05) is 6.92 Å². The largest absolute Gasteiger partial charge is 0.490 e. The number of nitrogens with two attached hydrogens (primary N) is 1. The highest BCUT2D eigenvalue weighted by molar-refractivity contribution is 5.80. The van der Waals surface area contributed by atoms with E-state index in [2.05, 4.69) is 34.1 Å². The van der Waals surface area contributed by atoms with Gasteiger partial charge < -0.3 is 15.6 Å². The number of aromatic nitrogens is 3. The molecule has 0 aliphatic heterocycles. The second-order valence-electron chi connectivity index (χ2n) is 7.01. The van der Waals surface area contributed by atoms with Gasteiger partial charge in [0.2, 0.25) is 5.95 Å². The van der Waals surface area contributed by atoms with Crippen molar-refractivity contribution in [1.82, 2.24) is 15.0 Å². The van der Waals surface area contributed by atoms with Crippen molar-refractivity contribution in [2.45, 2.75) is 39.4 Å². The zero-order valence-corrected chi connectivity index (χ0v) is 15.6. The molecule has 2 aromatic rings.